The molecule has 0 saturated heterocycles. The van der Waals surface area contributed by atoms with Gasteiger partial charge in [0.15, 0.2) is 5.78 Å². The molecule has 1 heterocycles. The SMILES string of the molecule is CC(=O)c1c(C(=S=O)c2ccc(NS(C)(=O)=O)cc2)[nH]c2c(Br)ccc(Cl)c2c1=O. The Kier molecular flexibility index (Phi) is 6.32. The Bertz CT molecular complexity index is 1410. The average Bonchev–Trinajstić information content (AvgIpc) is 2.65. The van der Waals surface area contributed by atoms with Gasteiger partial charge in [-0.25, -0.2) is 12.6 Å². The molecule has 3 rings (SSSR count). The highest BCUT2D eigenvalue weighted by atomic mass is 79.9. The second-order valence-electron chi connectivity index (χ2n) is 6.40. The average molecular weight is 530 g/mol. The molecule has 2 aromatic carbocycles. The molecule has 0 amide bonds. The van der Waals surface area contributed by atoms with Crippen LogP contribution in [-0.4, -0.2) is 34.5 Å². The van der Waals surface area contributed by atoms with Gasteiger partial charge in [-0.1, -0.05) is 23.7 Å². The largest absolute Gasteiger partial charge is 0.352 e. The van der Waals surface area contributed by atoms with Gasteiger partial charge in [0.1, 0.15) is 0 Å². The first-order valence-electron chi connectivity index (χ1n) is 8.33. The lowest BCUT2D eigenvalue weighted by atomic mass is 9.99. The fraction of sp³-hybridized carbons (Fsp3) is 0.105. The number of halogens is 2. The van der Waals surface area contributed by atoms with Crippen LogP contribution in [0.3, 0.4) is 0 Å². The quantitative estimate of drug-likeness (QED) is 0.389. The standard InChI is InChI=1S/C19H14BrClN2O5S2/c1-9(24)14-17(22-16-12(20)7-8-13(21)15(16)18(14)25)19(29-26)10-3-5-11(6-4-10)23-30(2,27)28/h3-8,23H,1-2H3,(H,22,25). The number of sulfonamides is 1. The Hall–Kier alpha value is -2.27. The number of rotatable bonds is 5. The maximum atomic E-state index is 13.1. The monoisotopic (exact) mass is 528 g/mol. The van der Waals surface area contributed by atoms with Crippen LogP contribution in [0.4, 0.5) is 5.69 Å². The Labute approximate surface area is 188 Å². The van der Waals surface area contributed by atoms with Gasteiger partial charge in [0, 0.05) is 10.2 Å². The number of carbonyl (C=O) groups is 1. The Morgan fingerprint density at radius 2 is 1.80 bits per heavy atom. The van der Waals surface area contributed by atoms with Crippen molar-refractivity contribution in [3.8, 4) is 0 Å². The topological polar surface area (TPSA) is 113 Å². The third-order valence-corrected chi connectivity index (χ3v) is 6.36. The second kappa shape index (κ2) is 8.46. The van der Waals surface area contributed by atoms with Crippen LogP contribution in [0.5, 0.6) is 0 Å². The minimum Gasteiger partial charge on any atom is -0.352 e. The van der Waals surface area contributed by atoms with Gasteiger partial charge in [0.2, 0.25) is 15.5 Å². The van der Waals surface area contributed by atoms with Crippen molar-refractivity contribution in [2.24, 2.45) is 0 Å². The molecule has 0 aliphatic heterocycles. The number of fused-ring (bicyclic) bond motifs is 1. The number of benzene rings is 2. The van der Waals surface area contributed by atoms with Crippen LogP contribution in [0, 0.1) is 0 Å². The first-order valence-corrected chi connectivity index (χ1v) is 12.1. The lowest BCUT2D eigenvalue weighted by molar-refractivity contribution is 0.101. The Morgan fingerprint density at radius 1 is 1.17 bits per heavy atom. The lowest BCUT2D eigenvalue weighted by Gasteiger charge is -2.13. The minimum absolute atomic E-state index is 0.0757. The van der Waals surface area contributed by atoms with Gasteiger partial charge in [-0.3, -0.25) is 14.3 Å². The predicted octanol–water partition coefficient (Wildman–Crippen LogP) is 3.30. The van der Waals surface area contributed by atoms with Gasteiger partial charge in [0.05, 0.1) is 49.6 Å². The normalized spacial score (nSPS) is 11.3. The van der Waals surface area contributed by atoms with Crippen molar-refractivity contribution in [3.63, 3.8) is 0 Å². The predicted molar refractivity (Wildman–Crippen MR) is 124 cm³/mol. The zero-order valence-electron chi connectivity index (χ0n) is 15.6. The van der Waals surface area contributed by atoms with Gasteiger partial charge in [0.25, 0.3) is 0 Å². The first-order chi connectivity index (χ1) is 14.0. The van der Waals surface area contributed by atoms with Gasteiger partial charge in [-0.15, -0.1) is 0 Å². The number of hydrogen-bond acceptors (Lipinski definition) is 5. The molecule has 0 aliphatic carbocycles. The van der Waals surface area contributed by atoms with E-state index in [4.69, 9.17) is 11.6 Å². The van der Waals surface area contributed by atoms with Gasteiger partial charge in [-0.05, 0) is 52.7 Å². The number of ketones is 1. The van der Waals surface area contributed by atoms with Crippen molar-refractivity contribution in [1.82, 2.24) is 4.98 Å². The maximum Gasteiger partial charge on any atom is 0.229 e. The number of anilines is 1. The molecule has 0 radical (unpaired) electrons. The molecule has 30 heavy (non-hydrogen) atoms. The van der Waals surface area contributed by atoms with E-state index < -0.39 is 21.2 Å². The van der Waals surface area contributed by atoms with Gasteiger partial charge < -0.3 is 4.98 Å². The van der Waals surface area contributed by atoms with Crippen LogP contribution in [-0.2, 0) is 21.3 Å². The highest BCUT2D eigenvalue weighted by Crippen LogP contribution is 2.28. The molecule has 0 saturated carbocycles. The third kappa shape index (κ3) is 4.41. The fourth-order valence-corrected chi connectivity index (χ4v) is 4.67. The third-order valence-electron chi connectivity index (χ3n) is 4.17. The van der Waals surface area contributed by atoms with E-state index in [-0.39, 0.29) is 37.8 Å². The molecule has 0 spiro atoms. The number of Topliss-reactive ketones (excluding diaryl/α,β-unsaturated/α-hetero) is 1. The molecule has 0 aliphatic rings. The summed E-state index contributed by atoms with van der Waals surface area (Å²) in [5, 5.41) is 0.318. The maximum absolute atomic E-state index is 13.1. The Morgan fingerprint density at radius 3 is 2.33 bits per heavy atom. The molecule has 0 fully saturated rings. The van der Waals surface area contributed by atoms with Gasteiger partial charge >= 0.3 is 0 Å². The van der Waals surface area contributed by atoms with E-state index in [9.17, 15) is 22.2 Å². The molecule has 1 aromatic heterocycles. The van der Waals surface area contributed by atoms with Crippen LogP contribution in [0.1, 0.15) is 28.5 Å². The fourth-order valence-electron chi connectivity index (χ4n) is 2.97. The van der Waals surface area contributed by atoms with Crippen molar-refractivity contribution in [2.45, 2.75) is 6.92 Å². The van der Waals surface area contributed by atoms with Crippen LogP contribution in [0.25, 0.3) is 10.9 Å². The van der Waals surface area contributed by atoms with E-state index in [0.29, 0.717) is 21.2 Å². The van der Waals surface area contributed by atoms with Crippen molar-refractivity contribution in [2.75, 3.05) is 11.0 Å². The molecular weight excluding hydrogens is 516 g/mol. The molecule has 0 unspecified atom stereocenters. The Balaban J connectivity index is 2.27. The molecule has 11 heteroatoms. The van der Waals surface area contributed by atoms with E-state index >= 15 is 0 Å². The number of hydrogen-bond donors (Lipinski definition) is 2. The molecule has 7 nitrogen and oxygen atoms in total. The van der Waals surface area contributed by atoms with Crippen LogP contribution in [0.2, 0.25) is 5.02 Å². The number of H-pyrrole nitrogens is 1. The van der Waals surface area contributed by atoms with E-state index in [1.807, 2.05) is 0 Å². The zero-order valence-corrected chi connectivity index (χ0v) is 19.6. The van der Waals surface area contributed by atoms with Crippen molar-refractivity contribution in [1.29, 1.82) is 0 Å². The summed E-state index contributed by atoms with van der Waals surface area (Å²) < 4.78 is 37.6. The van der Waals surface area contributed by atoms with E-state index in [1.54, 1.807) is 6.07 Å². The molecule has 156 valence electrons. The summed E-state index contributed by atoms with van der Waals surface area (Å²) in [7, 11) is -3.46. The number of carbonyl (C=O) groups excluding carboxylic acids is 1. The minimum atomic E-state index is -3.46. The molecular formula is C19H14BrClN2O5S2. The summed E-state index contributed by atoms with van der Waals surface area (Å²) in [5.74, 6) is -0.522. The first kappa shape index (κ1) is 22.4. The van der Waals surface area contributed by atoms with Crippen molar-refractivity contribution in [3.05, 3.63) is 72.9 Å². The molecule has 0 atom stereocenters. The summed E-state index contributed by atoms with van der Waals surface area (Å²) in [5.41, 5.74) is 0.384. The molecule has 0 bridgehead atoms. The summed E-state index contributed by atoms with van der Waals surface area (Å²) in [4.78, 5) is 28.5. The van der Waals surface area contributed by atoms with Crippen molar-refractivity contribution >= 4 is 76.0 Å². The van der Waals surface area contributed by atoms with Crippen LogP contribution < -0.4 is 10.2 Å². The second-order valence-corrected chi connectivity index (χ2v) is 9.99. The number of aromatic amines is 1. The molecule has 2 N–H and O–H groups in total. The summed E-state index contributed by atoms with van der Waals surface area (Å²) in [6, 6.07) is 9.18. The highest BCUT2D eigenvalue weighted by Gasteiger charge is 2.23. The van der Waals surface area contributed by atoms with Crippen LogP contribution in [0.15, 0.2) is 45.7 Å². The van der Waals surface area contributed by atoms with Gasteiger partial charge in [-0.2, -0.15) is 0 Å². The summed E-state index contributed by atoms with van der Waals surface area (Å²) >= 11 is 9.65. The highest BCUT2D eigenvalue weighted by molar-refractivity contribution is 9.10. The summed E-state index contributed by atoms with van der Waals surface area (Å²) in [6.07, 6.45) is 1.02. The number of aromatic nitrogens is 1. The van der Waals surface area contributed by atoms with Crippen molar-refractivity contribution < 1.29 is 17.4 Å². The summed E-state index contributed by atoms with van der Waals surface area (Å²) in [6.45, 7) is 1.23. The molecule has 3 aromatic rings. The smallest absolute Gasteiger partial charge is 0.229 e. The van der Waals surface area contributed by atoms with E-state index in [1.165, 1.54) is 37.3 Å². The van der Waals surface area contributed by atoms with E-state index in [0.717, 1.165) is 6.26 Å². The number of pyridine rings is 1. The van der Waals surface area contributed by atoms with Crippen LogP contribution >= 0.6 is 27.5 Å². The van der Waals surface area contributed by atoms with E-state index in [2.05, 4.69) is 25.6 Å². The lowest BCUT2D eigenvalue weighted by Crippen LogP contribution is -2.22. The zero-order chi connectivity index (χ0) is 22.2. The number of nitrogens with one attached hydrogen (secondary N) is 2.